The van der Waals surface area contributed by atoms with Crippen LogP contribution in [0.4, 0.5) is 4.39 Å². The lowest BCUT2D eigenvalue weighted by atomic mass is 10.1. The number of carbonyl (C=O) groups is 1. The van der Waals surface area contributed by atoms with E-state index in [1.54, 1.807) is 6.92 Å². The van der Waals surface area contributed by atoms with Crippen LogP contribution in [0.2, 0.25) is 0 Å². The number of likely N-dealkylation sites (tertiary alicyclic amines) is 1. The Labute approximate surface area is 78.3 Å². The second kappa shape index (κ2) is 4.05. The molecule has 0 aromatic carbocycles. The van der Waals surface area contributed by atoms with Crippen molar-refractivity contribution in [1.82, 2.24) is 10.2 Å². The van der Waals surface area contributed by atoms with Crippen LogP contribution >= 0.6 is 0 Å². The van der Waals surface area contributed by atoms with Gasteiger partial charge < -0.3 is 5.32 Å². The molecule has 13 heavy (non-hydrogen) atoms. The van der Waals surface area contributed by atoms with Crippen molar-refractivity contribution in [3.63, 3.8) is 0 Å². The first-order valence-electron chi connectivity index (χ1n) is 4.65. The van der Waals surface area contributed by atoms with E-state index in [1.807, 2.05) is 4.90 Å². The molecule has 1 fully saturated rings. The quantitative estimate of drug-likeness (QED) is 0.701. The molecule has 0 saturated carbocycles. The van der Waals surface area contributed by atoms with Crippen LogP contribution < -0.4 is 5.32 Å². The second-order valence-corrected chi connectivity index (χ2v) is 3.92. The summed E-state index contributed by atoms with van der Waals surface area (Å²) in [6.45, 7) is 5.78. The fourth-order valence-electron chi connectivity index (χ4n) is 1.60. The molecule has 4 heteroatoms. The van der Waals surface area contributed by atoms with E-state index in [2.05, 4.69) is 5.32 Å². The molecule has 1 rings (SSSR count). The van der Waals surface area contributed by atoms with Crippen LogP contribution in [0.25, 0.3) is 0 Å². The van der Waals surface area contributed by atoms with Crippen molar-refractivity contribution in [2.75, 3.05) is 26.2 Å². The first kappa shape index (κ1) is 10.4. The maximum atomic E-state index is 13.3. The van der Waals surface area contributed by atoms with Crippen molar-refractivity contribution >= 4 is 5.91 Å². The fourth-order valence-corrected chi connectivity index (χ4v) is 1.60. The monoisotopic (exact) mass is 188 g/mol. The number of nitrogens with one attached hydrogen (secondary N) is 1. The molecule has 0 bridgehead atoms. The highest BCUT2D eigenvalue weighted by Gasteiger charge is 2.32. The fraction of sp³-hybridized carbons (Fsp3) is 0.889. The number of halogens is 1. The molecule has 0 aliphatic carbocycles. The number of rotatable bonds is 3. The summed E-state index contributed by atoms with van der Waals surface area (Å²) in [5, 5.41) is 2.70. The third kappa shape index (κ3) is 3.72. The van der Waals surface area contributed by atoms with E-state index in [0.29, 0.717) is 19.5 Å². The van der Waals surface area contributed by atoms with E-state index in [9.17, 15) is 9.18 Å². The molecule has 1 N–H and O–H groups in total. The molecule has 1 aliphatic heterocycles. The molecular weight excluding hydrogens is 171 g/mol. The van der Waals surface area contributed by atoms with E-state index >= 15 is 0 Å². The largest absolute Gasteiger partial charge is 0.355 e. The van der Waals surface area contributed by atoms with E-state index in [-0.39, 0.29) is 5.91 Å². The first-order chi connectivity index (χ1) is 5.99. The van der Waals surface area contributed by atoms with Gasteiger partial charge in [0, 0.05) is 33.1 Å². The van der Waals surface area contributed by atoms with E-state index in [0.717, 1.165) is 13.1 Å². The van der Waals surface area contributed by atoms with Gasteiger partial charge in [0.1, 0.15) is 5.67 Å². The minimum absolute atomic E-state index is 0.0257. The Morgan fingerprint density at radius 3 is 2.85 bits per heavy atom. The summed E-state index contributed by atoms with van der Waals surface area (Å²) in [6.07, 6.45) is 0.604. The Bertz CT molecular complexity index is 194. The van der Waals surface area contributed by atoms with Crippen molar-refractivity contribution in [2.24, 2.45) is 0 Å². The van der Waals surface area contributed by atoms with E-state index < -0.39 is 5.67 Å². The third-order valence-corrected chi connectivity index (χ3v) is 2.30. The van der Waals surface area contributed by atoms with Crippen LogP contribution in [0.5, 0.6) is 0 Å². The van der Waals surface area contributed by atoms with Gasteiger partial charge in [0.2, 0.25) is 5.91 Å². The van der Waals surface area contributed by atoms with Gasteiger partial charge in [-0.2, -0.15) is 0 Å². The zero-order valence-electron chi connectivity index (χ0n) is 8.27. The second-order valence-electron chi connectivity index (χ2n) is 3.92. The lowest BCUT2D eigenvalue weighted by Crippen LogP contribution is -2.34. The molecule has 1 aliphatic rings. The van der Waals surface area contributed by atoms with Crippen molar-refractivity contribution in [3.8, 4) is 0 Å². The van der Waals surface area contributed by atoms with Crippen LogP contribution in [-0.2, 0) is 4.79 Å². The van der Waals surface area contributed by atoms with Gasteiger partial charge in [-0.25, -0.2) is 4.39 Å². The molecular formula is C9H17FN2O. The molecule has 1 saturated heterocycles. The highest BCUT2D eigenvalue weighted by Crippen LogP contribution is 2.23. The predicted octanol–water partition coefficient (Wildman–Crippen LogP) is 0.556. The lowest BCUT2D eigenvalue weighted by Gasteiger charge is -2.16. The average Bonchev–Trinajstić information content (AvgIpc) is 2.29. The summed E-state index contributed by atoms with van der Waals surface area (Å²) in [6, 6.07) is 0. The molecule has 1 heterocycles. The Morgan fingerprint density at radius 2 is 2.38 bits per heavy atom. The number of alkyl halides is 1. The zero-order valence-corrected chi connectivity index (χ0v) is 8.27. The number of hydrogen-bond donors (Lipinski definition) is 1. The van der Waals surface area contributed by atoms with Gasteiger partial charge in [-0.05, 0) is 13.3 Å². The van der Waals surface area contributed by atoms with Crippen LogP contribution in [0.1, 0.15) is 20.3 Å². The van der Waals surface area contributed by atoms with Crippen LogP contribution in [0.15, 0.2) is 0 Å². The molecule has 0 radical (unpaired) electrons. The van der Waals surface area contributed by atoms with Crippen molar-refractivity contribution in [1.29, 1.82) is 0 Å². The van der Waals surface area contributed by atoms with Crippen LogP contribution in [0, 0.1) is 0 Å². The van der Waals surface area contributed by atoms with Gasteiger partial charge in [0.05, 0.1) is 0 Å². The Hall–Kier alpha value is -0.640. The summed E-state index contributed by atoms with van der Waals surface area (Å²) >= 11 is 0. The van der Waals surface area contributed by atoms with Gasteiger partial charge >= 0.3 is 0 Å². The number of hydrogen-bond acceptors (Lipinski definition) is 2. The smallest absolute Gasteiger partial charge is 0.216 e. The summed E-state index contributed by atoms with van der Waals surface area (Å²) in [7, 11) is 0. The van der Waals surface area contributed by atoms with Gasteiger partial charge in [-0.1, -0.05) is 0 Å². The number of nitrogens with zero attached hydrogens (tertiary/aromatic N) is 1. The molecule has 0 aromatic heterocycles. The molecule has 0 spiro atoms. The Morgan fingerprint density at radius 1 is 1.69 bits per heavy atom. The van der Waals surface area contributed by atoms with Crippen molar-refractivity contribution in [3.05, 3.63) is 0 Å². The van der Waals surface area contributed by atoms with Gasteiger partial charge in [-0.3, -0.25) is 9.69 Å². The number of amides is 1. The SMILES string of the molecule is CC(=O)NCCN1CCC(C)(F)C1. The third-order valence-electron chi connectivity index (χ3n) is 2.30. The molecule has 3 nitrogen and oxygen atoms in total. The molecule has 1 unspecified atom stereocenters. The molecule has 76 valence electrons. The standard InChI is InChI=1S/C9H17FN2O/c1-8(13)11-4-6-12-5-3-9(2,10)7-12/h3-7H2,1-2H3,(H,11,13). The number of carbonyl (C=O) groups excluding carboxylic acids is 1. The van der Waals surface area contributed by atoms with Gasteiger partial charge in [-0.15, -0.1) is 0 Å². The van der Waals surface area contributed by atoms with Gasteiger partial charge in [0.15, 0.2) is 0 Å². The predicted molar refractivity (Wildman–Crippen MR) is 49.3 cm³/mol. The Kier molecular flexibility index (Phi) is 3.25. The summed E-state index contributed by atoms with van der Waals surface area (Å²) in [4.78, 5) is 12.6. The van der Waals surface area contributed by atoms with E-state index in [1.165, 1.54) is 6.92 Å². The topological polar surface area (TPSA) is 32.3 Å². The maximum absolute atomic E-state index is 13.3. The van der Waals surface area contributed by atoms with Crippen LogP contribution in [-0.4, -0.2) is 42.7 Å². The highest BCUT2D eigenvalue weighted by atomic mass is 19.1. The zero-order chi connectivity index (χ0) is 9.90. The normalized spacial score (nSPS) is 29.2. The summed E-state index contributed by atoms with van der Waals surface area (Å²) in [5.41, 5.74) is -1.03. The highest BCUT2D eigenvalue weighted by molar-refractivity contribution is 5.72. The first-order valence-corrected chi connectivity index (χ1v) is 4.65. The van der Waals surface area contributed by atoms with Crippen molar-refractivity contribution < 1.29 is 9.18 Å². The van der Waals surface area contributed by atoms with Gasteiger partial charge in [0.25, 0.3) is 0 Å². The molecule has 1 atom stereocenters. The van der Waals surface area contributed by atoms with Crippen LogP contribution in [0.3, 0.4) is 0 Å². The maximum Gasteiger partial charge on any atom is 0.216 e. The summed E-state index contributed by atoms with van der Waals surface area (Å²) < 4.78 is 13.3. The molecule has 0 aromatic rings. The Balaban J connectivity index is 2.14. The molecule has 1 amide bonds. The van der Waals surface area contributed by atoms with E-state index in [4.69, 9.17) is 0 Å². The lowest BCUT2D eigenvalue weighted by molar-refractivity contribution is -0.119. The summed E-state index contributed by atoms with van der Waals surface area (Å²) in [5.74, 6) is -0.0257. The minimum Gasteiger partial charge on any atom is -0.355 e. The van der Waals surface area contributed by atoms with Crippen molar-refractivity contribution in [2.45, 2.75) is 25.9 Å². The minimum atomic E-state index is -1.03. The average molecular weight is 188 g/mol.